The number of aromatic nitrogens is 3. The van der Waals surface area contributed by atoms with E-state index in [1.165, 1.54) is 23.1 Å². The normalized spacial score (nSPS) is 19.9. The molecule has 2 amide bonds. The monoisotopic (exact) mass is 531 g/mol. The average molecular weight is 532 g/mol. The molecule has 8 nitrogen and oxygen atoms in total. The maximum atomic E-state index is 14.5. The van der Waals surface area contributed by atoms with Crippen LogP contribution in [0, 0.1) is 11.7 Å². The molecule has 0 bridgehead atoms. The fraction of sp³-hybridized carbons (Fsp3) is 0.250. The summed E-state index contributed by atoms with van der Waals surface area (Å²) in [6.45, 7) is -0.135. The van der Waals surface area contributed by atoms with Crippen molar-refractivity contribution < 1.29 is 18.8 Å². The number of pyridine rings is 1. The van der Waals surface area contributed by atoms with Crippen LogP contribution in [0.1, 0.15) is 28.9 Å². The number of ketones is 1. The summed E-state index contributed by atoms with van der Waals surface area (Å²) in [4.78, 5) is 44.5. The molecule has 192 valence electrons. The lowest BCUT2D eigenvalue weighted by atomic mass is 9.97. The van der Waals surface area contributed by atoms with Crippen LogP contribution in [0.25, 0.3) is 22.0 Å². The first kappa shape index (κ1) is 24.2. The quantitative estimate of drug-likeness (QED) is 0.390. The van der Waals surface area contributed by atoms with Crippen LogP contribution < -0.4 is 5.73 Å². The minimum Gasteiger partial charge on any atom is -0.364 e. The number of nitrogens with two attached hydrogens (primary N) is 1. The number of primary amides is 1. The molecule has 2 aromatic carbocycles. The average Bonchev–Trinajstić information content (AvgIpc) is 3.39. The fourth-order valence-corrected chi connectivity index (χ4v) is 5.84. The second-order valence-corrected chi connectivity index (χ2v) is 10.2. The molecule has 10 heteroatoms. The van der Waals surface area contributed by atoms with Gasteiger partial charge in [-0.2, -0.15) is 5.10 Å². The van der Waals surface area contributed by atoms with E-state index in [0.29, 0.717) is 39.4 Å². The minimum absolute atomic E-state index is 0.0237. The summed E-state index contributed by atoms with van der Waals surface area (Å²) in [6, 6.07) is 12.7. The molecule has 0 radical (unpaired) electrons. The fourth-order valence-electron chi connectivity index (χ4n) is 5.56. The highest BCUT2D eigenvalue weighted by Gasteiger charge is 2.55. The summed E-state index contributed by atoms with van der Waals surface area (Å²) in [6.07, 6.45) is 4.64. The zero-order valence-electron chi connectivity index (χ0n) is 20.2. The van der Waals surface area contributed by atoms with Gasteiger partial charge < -0.3 is 10.6 Å². The second kappa shape index (κ2) is 9.33. The van der Waals surface area contributed by atoms with Crippen molar-refractivity contribution in [1.82, 2.24) is 19.7 Å². The molecule has 1 aliphatic heterocycles. The van der Waals surface area contributed by atoms with Gasteiger partial charge in [0.05, 0.1) is 22.8 Å². The predicted octanol–water partition coefficient (Wildman–Crippen LogP) is 3.79. The van der Waals surface area contributed by atoms with Gasteiger partial charge in [-0.05, 0) is 48.1 Å². The van der Waals surface area contributed by atoms with E-state index in [0.717, 1.165) is 12.0 Å². The second-order valence-electron chi connectivity index (χ2n) is 9.82. The van der Waals surface area contributed by atoms with Crippen LogP contribution in [0.4, 0.5) is 4.39 Å². The van der Waals surface area contributed by atoms with Crippen molar-refractivity contribution in [2.75, 3.05) is 0 Å². The number of carbonyl (C=O) groups excluding carboxylic acids is 3. The Hall–Kier alpha value is -4.11. The van der Waals surface area contributed by atoms with E-state index in [-0.39, 0.29) is 36.4 Å². The van der Waals surface area contributed by atoms with Gasteiger partial charge in [0.25, 0.3) is 5.91 Å². The summed E-state index contributed by atoms with van der Waals surface area (Å²) < 4.78 is 15.9. The number of amides is 2. The SMILES string of the molecule is NC(=O)c1nn(CC(=O)N2[C@@H]3C[C@@H]3C[C@H]2C(=O)Cc2cccc(-c3c(F)cccc3Cl)c2)c2cnccc12. The Morgan fingerprint density at radius 3 is 2.71 bits per heavy atom. The van der Waals surface area contributed by atoms with Crippen molar-refractivity contribution in [2.24, 2.45) is 11.7 Å². The molecule has 3 heterocycles. The number of hydrogen-bond donors (Lipinski definition) is 1. The molecule has 6 rings (SSSR count). The van der Waals surface area contributed by atoms with Gasteiger partial charge in [0.1, 0.15) is 12.4 Å². The molecule has 2 aliphatic rings. The first-order chi connectivity index (χ1) is 18.3. The molecule has 2 aromatic heterocycles. The van der Waals surface area contributed by atoms with Crippen LogP contribution in [0.3, 0.4) is 0 Å². The number of nitrogens with zero attached hydrogens (tertiary/aromatic N) is 4. The molecule has 1 saturated carbocycles. The van der Waals surface area contributed by atoms with Gasteiger partial charge in [-0.1, -0.05) is 41.9 Å². The Kier molecular flexibility index (Phi) is 5.95. The van der Waals surface area contributed by atoms with E-state index >= 15 is 0 Å². The van der Waals surface area contributed by atoms with Gasteiger partial charge in [0.2, 0.25) is 5.91 Å². The van der Waals surface area contributed by atoms with Gasteiger partial charge in [-0.25, -0.2) is 4.39 Å². The van der Waals surface area contributed by atoms with Gasteiger partial charge in [-0.15, -0.1) is 0 Å². The number of rotatable bonds is 7. The molecular weight excluding hydrogens is 509 g/mol. The Morgan fingerprint density at radius 1 is 1.11 bits per heavy atom. The van der Waals surface area contributed by atoms with E-state index in [9.17, 15) is 18.8 Å². The smallest absolute Gasteiger partial charge is 0.269 e. The molecular formula is C28H23ClFN5O3. The van der Waals surface area contributed by atoms with Crippen LogP contribution >= 0.6 is 11.6 Å². The van der Waals surface area contributed by atoms with Gasteiger partial charge in [0, 0.05) is 29.6 Å². The Bertz CT molecular complexity index is 1600. The number of Topliss-reactive ketones (excluding diaryl/α,β-unsaturated/α-hetero) is 1. The molecule has 38 heavy (non-hydrogen) atoms. The number of carbonyl (C=O) groups is 3. The van der Waals surface area contributed by atoms with E-state index < -0.39 is 17.8 Å². The van der Waals surface area contributed by atoms with Crippen LogP contribution in [0.2, 0.25) is 5.02 Å². The first-order valence-corrected chi connectivity index (χ1v) is 12.7. The Labute approximate surface area is 222 Å². The lowest BCUT2D eigenvalue weighted by Gasteiger charge is -2.27. The van der Waals surface area contributed by atoms with Crippen molar-refractivity contribution in [3.63, 3.8) is 0 Å². The number of likely N-dealkylation sites (tertiary alicyclic amines) is 1. The maximum Gasteiger partial charge on any atom is 0.269 e. The molecule has 3 atom stereocenters. The maximum absolute atomic E-state index is 14.5. The van der Waals surface area contributed by atoms with Crippen molar-refractivity contribution in [2.45, 2.75) is 37.9 Å². The third-order valence-corrected chi connectivity index (χ3v) is 7.71. The minimum atomic E-state index is -0.692. The van der Waals surface area contributed by atoms with Gasteiger partial charge >= 0.3 is 0 Å². The zero-order chi connectivity index (χ0) is 26.6. The number of hydrogen-bond acceptors (Lipinski definition) is 5. The summed E-state index contributed by atoms with van der Waals surface area (Å²) in [5.74, 6) is -1.15. The molecule has 0 spiro atoms. The van der Waals surface area contributed by atoms with Gasteiger partial charge in [0.15, 0.2) is 11.5 Å². The van der Waals surface area contributed by atoms with Gasteiger partial charge in [-0.3, -0.25) is 24.0 Å². The van der Waals surface area contributed by atoms with E-state index in [4.69, 9.17) is 17.3 Å². The van der Waals surface area contributed by atoms with Crippen LogP contribution in [0.15, 0.2) is 60.9 Å². The Balaban J connectivity index is 1.22. The Morgan fingerprint density at radius 2 is 1.92 bits per heavy atom. The van der Waals surface area contributed by atoms with E-state index in [1.807, 2.05) is 6.07 Å². The van der Waals surface area contributed by atoms with Crippen molar-refractivity contribution >= 4 is 40.1 Å². The van der Waals surface area contributed by atoms with E-state index in [1.54, 1.807) is 41.3 Å². The summed E-state index contributed by atoms with van der Waals surface area (Å²) >= 11 is 6.23. The van der Waals surface area contributed by atoms with Crippen molar-refractivity contribution in [3.05, 3.63) is 83.0 Å². The first-order valence-electron chi connectivity index (χ1n) is 12.3. The standard InChI is InChI=1S/C28H23ClFN5O3/c29-19-5-2-6-20(30)26(19)16-4-1-3-15(9-16)10-24(36)22-12-17-11-21(17)35(22)25(37)14-34-23-13-32-8-7-18(23)27(33-34)28(31)38/h1-9,13,17,21-22H,10-12,14H2,(H2,31,38)/t17-,21-,22+/m1/s1. The molecule has 2 fully saturated rings. The van der Waals surface area contributed by atoms with Crippen LogP contribution in [0.5, 0.6) is 0 Å². The highest BCUT2D eigenvalue weighted by molar-refractivity contribution is 6.33. The molecule has 0 unspecified atom stereocenters. The molecule has 2 N–H and O–H groups in total. The highest BCUT2D eigenvalue weighted by atomic mass is 35.5. The van der Waals surface area contributed by atoms with Crippen LogP contribution in [-0.2, 0) is 22.6 Å². The summed E-state index contributed by atoms with van der Waals surface area (Å²) in [7, 11) is 0. The lowest BCUT2D eigenvalue weighted by Crippen LogP contribution is -2.45. The number of halogens is 2. The third-order valence-electron chi connectivity index (χ3n) is 7.39. The highest BCUT2D eigenvalue weighted by Crippen LogP contribution is 2.48. The summed E-state index contributed by atoms with van der Waals surface area (Å²) in [5.41, 5.74) is 7.66. The predicted molar refractivity (Wildman–Crippen MR) is 139 cm³/mol. The summed E-state index contributed by atoms with van der Waals surface area (Å²) in [5, 5.41) is 5.07. The molecule has 1 aliphatic carbocycles. The number of piperidine rings is 1. The van der Waals surface area contributed by atoms with Crippen molar-refractivity contribution in [1.29, 1.82) is 0 Å². The largest absolute Gasteiger partial charge is 0.364 e. The topological polar surface area (TPSA) is 111 Å². The van der Waals surface area contributed by atoms with E-state index in [2.05, 4.69) is 10.1 Å². The number of benzene rings is 2. The lowest BCUT2D eigenvalue weighted by molar-refractivity contribution is -0.139. The third kappa shape index (κ3) is 4.22. The van der Waals surface area contributed by atoms with Crippen LogP contribution in [-0.4, -0.2) is 49.3 Å². The zero-order valence-corrected chi connectivity index (χ0v) is 20.9. The molecule has 1 saturated heterocycles. The number of fused-ring (bicyclic) bond motifs is 2. The van der Waals surface area contributed by atoms with Crippen molar-refractivity contribution in [3.8, 4) is 11.1 Å². The molecule has 4 aromatic rings.